The van der Waals surface area contributed by atoms with Crippen LogP contribution >= 0.6 is 11.8 Å². The third-order valence-corrected chi connectivity index (χ3v) is 5.79. The molecule has 0 unspecified atom stereocenters. The van der Waals surface area contributed by atoms with Crippen LogP contribution in [0.1, 0.15) is 22.5 Å². The van der Waals surface area contributed by atoms with Gasteiger partial charge >= 0.3 is 6.18 Å². The highest BCUT2D eigenvalue weighted by Crippen LogP contribution is 2.33. The van der Waals surface area contributed by atoms with Gasteiger partial charge in [-0.2, -0.15) is 22.9 Å². The maximum Gasteiger partial charge on any atom is 0.416 e. The molecule has 5 rings (SSSR count). The van der Waals surface area contributed by atoms with Crippen molar-refractivity contribution in [2.24, 2.45) is 5.10 Å². The molecule has 0 aliphatic carbocycles. The van der Waals surface area contributed by atoms with Crippen LogP contribution in [-0.4, -0.2) is 33.1 Å². The fourth-order valence-corrected chi connectivity index (χ4v) is 4.13. The van der Waals surface area contributed by atoms with Gasteiger partial charge in [0.2, 0.25) is 11.9 Å². The van der Waals surface area contributed by atoms with Crippen LogP contribution in [0.2, 0.25) is 0 Å². The summed E-state index contributed by atoms with van der Waals surface area (Å²) < 4.78 is 50.8. The summed E-state index contributed by atoms with van der Waals surface area (Å²) in [4.78, 5) is 0. The molecule has 0 amide bonds. The van der Waals surface area contributed by atoms with Crippen molar-refractivity contribution >= 4 is 17.5 Å². The first-order valence-corrected chi connectivity index (χ1v) is 10.2. The number of nitrogens with zero attached hydrogens (tertiary/aromatic N) is 4. The molecular weight excluding hydrogens is 417 g/mol. The van der Waals surface area contributed by atoms with E-state index in [0.717, 1.165) is 29.2 Å². The monoisotopic (exact) mass is 432 g/mol. The summed E-state index contributed by atoms with van der Waals surface area (Å²) in [6.07, 6.45) is -3.04. The van der Waals surface area contributed by atoms with Gasteiger partial charge < -0.3 is 9.47 Å². The largest absolute Gasteiger partial charge is 0.454 e. The quantitative estimate of drug-likeness (QED) is 0.619. The number of aryl methyl sites for hydroxylation is 2. The highest BCUT2D eigenvalue weighted by molar-refractivity contribution is 7.99. The van der Waals surface area contributed by atoms with Crippen LogP contribution in [0, 0.1) is 0 Å². The predicted octanol–water partition coefficient (Wildman–Crippen LogP) is 4.17. The Morgan fingerprint density at radius 2 is 1.77 bits per heavy atom. The van der Waals surface area contributed by atoms with Gasteiger partial charge in [-0.1, -0.05) is 30.0 Å². The van der Waals surface area contributed by atoms with Crippen LogP contribution in [-0.2, 0) is 19.0 Å². The molecule has 0 saturated carbocycles. The summed E-state index contributed by atoms with van der Waals surface area (Å²) in [5.74, 6) is 2.68. The van der Waals surface area contributed by atoms with Crippen LogP contribution in [0.25, 0.3) is 0 Å². The fraction of sp³-hybridized carbons (Fsp3) is 0.250. The zero-order valence-electron chi connectivity index (χ0n) is 15.5. The maximum atomic E-state index is 12.8. The van der Waals surface area contributed by atoms with E-state index < -0.39 is 11.7 Å². The Kier molecular flexibility index (Phi) is 4.65. The lowest BCUT2D eigenvalue weighted by Crippen LogP contribution is -2.15. The second-order valence-electron chi connectivity index (χ2n) is 6.81. The minimum atomic E-state index is -4.36. The Morgan fingerprint density at radius 1 is 0.967 bits per heavy atom. The summed E-state index contributed by atoms with van der Waals surface area (Å²) in [6.45, 7) is 0.231. The number of alkyl halides is 3. The number of rotatable bonds is 4. The third-order valence-electron chi connectivity index (χ3n) is 4.86. The van der Waals surface area contributed by atoms with Crippen LogP contribution in [0.15, 0.2) is 52.7 Å². The van der Waals surface area contributed by atoms with Crippen molar-refractivity contribution in [3.63, 3.8) is 0 Å². The lowest BCUT2D eigenvalue weighted by atomic mass is 10.1. The van der Waals surface area contributed by atoms with E-state index in [2.05, 4.69) is 15.3 Å². The summed E-state index contributed by atoms with van der Waals surface area (Å²) >= 11 is 1.46. The molecule has 0 saturated heterocycles. The molecule has 0 spiro atoms. The molecule has 3 heterocycles. The van der Waals surface area contributed by atoms with Gasteiger partial charge in [-0.15, -0.1) is 10.2 Å². The van der Waals surface area contributed by atoms with Gasteiger partial charge in [0, 0.05) is 12.2 Å². The zero-order valence-corrected chi connectivity index (χ0v) is 16.3. The number of aromatic nitrogens is 3. The molecule has 0 bridgehead atoms. The van der Waals surface area contributed by atoms with Gasteiger partial charge in [0.05, 0.1) is 11.3 Å². The second kappa shape index (κ2) is 7.35. The van der Waals surface area contributed by atoms with Gasteiger partial charge in [0.25, 0.3) is 0 Å². The summed E-state index contributed by atoms with van der Waals surface area (Å²) in [7, 11) is 0. The molecule has 2 aliphatic rings. The number of benzene rings is 2. The molecular formula is C20H15F3N4O2S. The summed E-state index contributed by atoms with van der Waals surface area (Å²) in [5.41, 5.74) is 1.73. The Balaban J connectivity index is 1.35. The minimum Gasteiger partial charge on any atom is -0.454 e. The van der Waals surface area contributed by atoms with Crippen molar-refractivity contribution in [3.8, 4) is 11.5 Å². The molecule has 1 aromatic heterocycles. The Hall–Kier alpha value is -3.01. The topological polar surface area (TPSA) is 61.5 Å². The fourth-order valence-electron chi connectivity index (χ4n) is 3.27. The smallest absolute Gasteiger partial charge is 0.416 e. The summed E-state index contributed by atoms with van der Waals surface area (Å²) in [6, 6.07) is 10.9. The van der Waals surface area contributed by atoms with Crippen molar-refractivity contribution < 1.29 is 22.6 Å². The van der Waals surface area contributed by atoms with E-state index in [9.17, 15) is 13.2 Å². The Bertz CT molecular complexity index is 1130. The third kappa shape index (κ3) is 3.62. The molecule has 6 nitrogen and oxygen atoms in total. The summed E-state index contributed by atoms with van der Waals surface area (Å²) in [5, 5.41) is 13.7. The molecule has 2 aliphatic heterocycles. The molecule has 30 heavy (non-hydrogen) atoms. The van der Waals surface area contributed by atoms with Gasteiger partial charge in [-0.3, -0.25) is 0 Å². The molecule has 2 aromatic carbocycles. The van der Waals surface area contributed by atoms with Crippen molar-refractivity contribution in [2.75, 3.05) is 12.5 Å². The van der Waals surface area contributed by atoms with Gasteiger partial charge in [0.1, 0.15) is 0 Å². The lowest BCUT2D eigenvalue weighted by Gasteiger charge is -2.14. The number of halogens is 3. The van der Waals surface area contributed by atoms with E-state index in [-0.39, 0.29) is 6.79 Å². The zero-order chi connectivity index (χ0) is 20.7. The van der Waals surface area contributed by atoms with E-state index >= 15 is 0 Å². The van der Waals surface area contributed by atoms with E-state index in [0.29, 0.717) is 40.9 Å². The average molecular weight is 432 g/mol. The van der Waals surface area contributed by atoms with Crippen molar-refractivity contribution in [2.45, 2.75) is 24.2 Å². The molecule has 154 valence electrons. The minimum absolute atomic E-state index is 0.231. The van der Waals surface area contributed by atoms with Crippen LogP contribution in [0.4, 0.5) is 13.2 Å². The molecule has 10 heteroatoms. The van der Waals surface area contributed by atoms with Crippen molar-refractivity contribution in [1.82, 2.24) is 14.9 Å². The second-order valence-corrected chi connectivity index (χ2v) is 7.75. The number of fused-ring (bicyclic) bond motifs is 2. The Morgan fingerprint density at radius 3 is 2.57 bits per heavy atom. The maximum absolute atomic E-state index is 12.8. The van der Waals surface area contributed by atoms with Crippen LogP contribution in [0.5, 0.6) is 11.5 Å². The number of ether oxygens (including phenoxy) is 2. The van der Waals surface area contributed by atoms with Gasteiger partial charge in [-0.25, -0.2) is 0 Å². The number of hydrogen-bond donors (Lipinski definition) is 0. The predicted molar refractivity (Wildman–Crippen MR) is 104 cm³/mol. The SMILES string of the molecule is FC(F)(F)c1ccc(C2=Nn3c(CCc4ccc5c(c4)OCO5)nnc3SC2)cc1. The molecule has 3 aromatic rings. The molecule has 0 fully saturated rings. The van der Waals surface area contributed by atoms with Crippen LogP contribution < -0.4 is 9.47 Å². The first-order valence-electron chi connectivity index (χ1n) is 9.18. The first-order chi connectivity index (χ1) is 14.5. The Labute approximate surface area is 173 Å². The number of hydrogen-bond acceptors (Lipinski definition) is 6. The van der Waals surface area contributed by atoms with Gasteiger partial charge in [-0.05, 0) is 41.8 Å². The van der Waals surface area contributed by atoms with Crippen molar-refractivity contribution in [1.29, 1.82) is 0 Å². The highest BCUT2D eigenvalue weighted by atomic mass is 32.2. The van der Waals surface area contributed by atoms with E-state index in [1.165, 1.54) is 23.9 Å². The average Bonchev–Trinajstić information content (AvgIpc) is 3.37. The lowest BCUT2D eigenvalue weighted by molar-refractivity contribution is -0.137. The van der Waals surface area contributed by atoms with Gasteiger partial charge in [0.15, 0.2) is 17.3 Å². The van der Waals surface area contributed by atoms with E-state index in [1.807, 2.05) is 18.2 Å². The molecule has 0 radical (unpaired) electrons. The highest BCUT2D eigenvalue weighted by Gasteiger charge is 2.30. The van der Waals surface area contributed by atoms with E-state index in [4.69, 9.17) is 9.47 Å². The van der Waals surface area contributed by atoms with Crippen molar-refractivity contribution in [3.05, 3.63) is 65.0 Å². The van der Waals surface area contributed by atoms with Crippen LogP contribution in [0.3, 0.4) is 0 Å². The standard InChI is InChI=1S/C20H15F3N4O2S/c21-20(22,23)14-5-3-13(4-6-14)15-10-30-19-25-24-18(27(19)26-15)8-2-12-1-7-16-17(9-12)29-11-28-16/h1,3-7,9H,2,8,10-11H2. The molecule has 0 atom stereocenters. The number of thioether (sulfide) groups is 1. The normalized spacial score (nSPS) is 15.1. The van der Waals surface area contributed by atoms with E-state index in [1.54, 1.807) is 4.68 Å². The first kappa shape index (κ1) is 19.0. The molecule has 0 N–H and O–H groups in total.